The second-order valence-electron chi connectivity index (χ2n) is 4.17. The van der Waals surface area contributed by atoms with E-state index >= 15 is 0 Å². The van der Waals surface area contributed by atoms with E-state index in [1.807, 2.05) is 35.6 Å². The standard InChI is InChI=1S/C12H19N5/c1-4-5-6-13-12-14-7-8-17(12)11-9-16(3)15-10(11)2/h7-9H,4-6H2,1-3H3,(H,13,14). The Kier molecular flexibility index (Phi) is 3.46. The van der Waals surface area contributed by atoms with Crippen molar-refractivity contribution >= 4 is 5.95 Å². The van der Waals surface area contributed by atoms with Crippen molar-refractivity contribution in [1.29, 1.82) is 0 Å². The average molecular weight is 233 g/mol. The lowest BCUT2D eigenvalue weighted by atomic mass is 10.3. The number of hydrogen-bond donors (Lipinski definition) is 1. The molecule has 1 N–H and O–H groups in total. The average Bonchev–Trinajstić information content (AvgIpc) is 2.85. The highest BCUT2D eigenvalue weighted by Crippen LogP contribution is 2.16. The van der Waals surface area contributed by atoms with Crippen LogP contribution in [-0.2, 0) is 7.05 Å². The molecule has 0 aliphatic heterocycles. The van der Waals surface area contributed by atoms with Gasteiger partial charge in [-0.1, -0.05) is 13.3 Å². The fraction of sp³-hybridized carbons (Fsp3) is 0.500. The van der Waals surface area contributed by atoms with Crippen LogP contribution >= 0.6 is 0 Å². The van der Waals surface area contributed by atoms with E-state index in [9.17, 15) is 0 Å². The number of anilines is 1. The van der Waals surface area contributed by atoms with Crippen LogP contribution in [0.4, 0.5) is 5.95 Å². The molecule has 0 aliphatic rings. The summed E-state index contributed by atoms with van der Waals surface area (Å²) in [6.07, 6.45) is 8.10. The predicted octanol–water partition coefficient (Wildman–Crippen LogP) is 2.13. The monoisotopic (exact) mass is 233 g/mol. The Bertz CT molecular complexity index is 483. The van der Waals surface area contributed by atoms with Crippen molar-refractivity contribution in [2.24, 2.45) is 7.05 Å². The van der Waals surface area contributed by atoms with Gasteiger partial charge in [0.2, 0.25) is 5.95 Å². The lowest BCUT2D eigenvalue weighted by molar-refractivity contribution is 0.756. The first kappa shape index (κ1) is 11.7. The number of hydrogen-bond acceptors (Lipinski definition) is 3. The number of rotatable bonds is 5. The van der Waals surface area contributed by atoms with E-state index in [4.69, 9.17) is 0 Å². The Morgan fingerprint density at radius 1 is 1.41 bits per heavy atom. The van der Waals surface area contributed by atoms with Crippen molar-refractivity contribution in [2.75, 3.05) is 11.9 Å². The summed E-state index contributed by atoms with van der Waals surface area (Å²) in [5, 5.41) is 7.69. The first-order valence-corrected chi connectivity index (χ1v) is 6.00. The van der Waals surface area contributed by atoms with Gasteiger partial charge in [-0.15, -0.1) is 0 Å². The highest BCUT2D eigenvalue weighted by atomic mass is 15.3. The first-order valence-electron chi connectivity index (χ1n) is 6.00. The summed E-state index contributed by atoms with van der Waals surface area (Å²) < 4.78 is 3.86. The largest absolute Gasteiger partial charge is 0.355 e. The third-order valence-electron chi connectivity index (χ3n) is 2.70. The number of imidazole rings is 1. The molecule has 0 atom stereocenters. The molecule has 0 amide bonds. The highest BCUT2D eigenvalue weighted by molar-refractivity contribution is 5.43. The molecule has 0 spiro atoms. The van der Waals surface area contributed by atoms with E-state index in [0.29, 0.717) is 0 Å². The van der Waals surface area contributed by atoms with Crippen molar-refractivity contribution in [1.82, 2.24) is 19.3 Å². The summed E-state index contributed by atoms with van der Waals surface area (Å²) in [7, 11) is 1.93. The minimum atomic E-state index is 0.884. The number of aryl methyl sites for hydroxylation is 2. The highest BCUT2D eigenvalue weighted by Gasteiger charge is 2.09. The Hall–Kier alpha value is -1.78. The molecule has 92 valence electrons. The molecule has 0 bridgehead atoms. The lowest BCUT2D eigenvalue weighted by Crippen LogP contribution is -2.07. The zero-order valence-electron chi connectivity index (χ0n) is 10.6. The van der Waals surface area contributed by atoms with Gasteiger partial charge >= 0.3 is 0 Å². The molecule has 0 fully saturated rings. The number of nitrogens with zero attached hydrogens (tertiary/aromatic N) is 4. The predicted molar refractivity (Wildman–Crippen MR) is 68.5 cm³/mol. The Morgan fingerprint density at radius 2 is 2.24 bits per heavy atom. The maximum atomic E-state index is 4.34. The topological polar surface area (TPSA) is 47.7 Å². The second-order valence-corrected chi connectivity index (χ2v) is 4.17. The molecular weight excluding hydrogens is 214 g/mol. The van der Waals surface area contributed by atoms with E-state index in [-0.39, 0.29) is 0 Å². The summed E-state index contributed by atoms with van der Waals surface area (Å²) in [6, 6.07) is 0. The minimum Gasteiger partial charge on any atom is -0.355 e. The Labute approximate surface area is 101 Å². The third-order valence-corrected chi connectivity index (χ3v) is 2.70. The molecule has 5 nitrogen and oxygen atoms in total. The van der Waals surface area contributed by atoms with Crippen LogP contribution in [0.25, 0.3) is 5.69 Å². The first-order chi connectivity index (χ1) is 8.22. The normalized spacial score (nSPS) is 10.8. The van der Waals surface area contributed by atoms with Gasteiger partial charge in [0.25, 0.3) is 0 Å². The summed E-state index contributed by atoms with van der Waals surface area (Å²) in [5.41, 5.74) is 2.08. The fourth-order valence-corrected chi connectivity index (χ4v) is 1.83. The van der Waals surface area contributed by atoms with Gasteiger partial charge in [0.15, 0.2) is 0 Å². The van der Waals surface area contributed by atoms with Crippen LogP contribution in [0.5, 0.6) is 0 Å². The second kappa shape index (κ2) is 5.03. The van der Waals surface area contributed by atoms with Gasteiger partial charge in [0.05, 0.1) is 11.4 Å². The smallest absolute Gasteiger partial charge is 0.207 e. The van der Waals surface area contributed by atoms with Gasteiger partial charge in [-0.05, 0) is 13.3 Å². The molecule has 2 heterocycles. The summed E-state index contributed by atoms with van der Waals surface area (Å²) in [6.45, 7) is 5.14. The summed E-state index contributed by atoms with van der Waals surface area (Å²) in [4.78, 5) is 4.33. The van der Waals surface area contributed by atoms with E-state index in [0.717, 1.165) is 30.3 Å². The number of nitrogens with one attached hydrogen (secondary N) is 1. The van der Waals surface area contributed by atoms with Gasteiger partial charge in [-0.25, -0.2) is 4.98 Å². The van der Waals surface area contributed by atoms with E-state index < -0.39 is 0 Å². The molecule has 2 rings (SSSR count). The van der Waals surface area contributed by atoms with E-state index in [1.54, 1.807) is 6.20 Å². The molecule has 5 heteroatoms. The molecule has 0 saturated heterocycles. The van der Waals surface area contributed by atoms with Crippen LogP contribution < -0.4 is 5.32 Å². The molecule has 0 aliphatic carbocycles. The molecule has 2 aromatic heterocycles. The third kappa shape index (κ3) is 2.49. The minimum absolute atomic E-state index is 0.884. The molecular formula is C12H19N5. The van der Waals surface area contributed by atoms with Crippen molar-refractivity contribution in [2.45, 2.75) is 26.7 Å². The van der Waals surface area contributed by atoms with Crippen LogP contribution in [0.15, 0.2) is 18.6 Å². The molecule has 0 radical (unpaired) electrons. The van der Waals surface area contributed by atoms with Gasteiger partial charge in [0, 0.05) is 32.2 Å². The van der Waals surface area contributed by atoms with Gasteiger partial charge in [-0.2, -0.15) is 5.10 Å². The molecule has 0 saturated carbocycles. The zero-order valence-corrected chi connectivity index (χ0v) is 10.6. The fourth-order valence-electron chi connectivity index (χ4n) is 1.83. The Balaban J connectivity index is 2.21. The SMILES string of the molecule is CCCCNc1nccn1-c1cn(C)nc1C. The quantitative estimate of drug-likeness (QED) is 0.805. The summed E-state index contributed by atoms with van der Waals surface area (Å²) >= 11 is 0. The number of unbranched alkanes of at least 4 members (excludes halogenated alkanes) is 1. The molecule has 2 aromatic rings. The van der Waals surface area contributed by atoms with Gasteiger partial charge < -0.3 is 5.32 Å². The van der Waals surface area contributed by atoms with Crippen LogP contribution in [0.2, 0.25) is 0 Å². The maximum Gasteiger partial charge on any atom is 0.207 e. The summed E-state index contributed by atoms with van der Waals surface area (Å²) in [5.74, 6) is 0.884. The van der Waals surface area contributed by atoms with Crippen molar-refractivity contribution in [3.8, 4) is 5.69 Å². The van der Waals surface area contributed by atoms with E-state index in [2.05, 4.69) is 22.3 Å². The molecule has 0 unspecified atom stereocenters. The molecule has 0 aromatic carbocycles. The van der Waals surface area contributed by atoms with Crippen LogP contribution in [0.1, 0.15) is 25.5 Å². The maximum absolute atomic E-state index is 4.34. The van der Waals surface area contributed by atoms with Gasteiger partial charge in [-0.3, -0.25) is 9.25 Å². The van der Waals surface area contributed by atoms with Crippen molar-refractivity contribution in [3.05, 3.63) is 24.3 Å². The Morgan fingerprint density at radius 3 is 2.88 bits per heavy atom. The molecule has 17 heavy (non-hydrogen) atoms. The van der Waals surface area contributed by atoms with Crippen LogP contribution in [0.3, 0.4) is 0 Å². The van der Waals surface area contributed by atoms with Crippen molar-refractivity contribution < 1.29 is 0 Å². The van der Waals surface area contributed by atoms with Crippen LogP contribution in [0, 0.1) is 6.92 Å². The zero-order chi connectivity index (χ0) is 12.3. The lowest BCUT2D eigenvalue weighted by Gasteiger charge is -2.08. The van der Waals surface area contributed by atoms with E-state index in [1.165, 1.54) is 6.42 Å². The van der Waals surface area contributed by atoms with Crippen LogP contribution in [-0.4, -0.2) is 25.9 Å². The van der Waals surface area contributed by atoms with Gasteiger partial charge in [0.1, 0.15) is 0 Å². The van der Waals surface area contributed by atoms with Crippen molar-refractivity contribution in [3.63, 3.8) is 0 Å². The number of aromatic nitrogens is 4.